The molecule has 8 nitrogen and oxygen atoms in total. The summed E-state index contributed by atoms with van der Waals surface area (Å²) in [5.41, 5.74) is 0.852. The zero-order valence-corrected chi connectivity index (χ0v) is 19.3. The fourth-order valence-electron chi connectivity index (χ4n) is 3.88. The number of guanidine groups is 1. The highest BCUT2D eigenvalue weighted by Gasteiger charge is 2.42. The van der Waals surface area contributed by atoms with Gasteiger partial charge < -0.3 is 15.5 Å². The van der Waals surface area contributed by atoms with Crippen LogP contribution in [0.3, 0.4) is 0 Å². The Hall–Kier alpha value is -1.40. The van der Waals surface area contributed by atoms with Crippen molar-refractivity contribution >= 4 is 45.9 Å². The molecule has 1 spiro atoms. The number of sulfonamides is 1. The molecule has 2 aliphatic rings. The first-order valence-electron chi connectivity index (χ1n) is 9.12. The van der Waals surface area contributed by atoms with E-state index >= 15 is 0 Å². The molecule has 2 heterocycles. The first-order chi connectivity index (χ1) is 12.9. The Balaban J connectivity index is 0.00000280. The van der Waals surface area contributed by atoms with Gasteiger partial charge in [-0.05, 0) is 37.6 Å². The van der Waals surface area contributed by atoms with Gasteiger partial charge in [-0.25, -0.2) is 13.1 Å². The van der Waals surface area contributed by atoms with Crippen LogP contribution in [-0.2, 0) is 21.4 Å². The molecule has 1 atom stereocenters. The fraction of sp³-hybridized carbons (Fsp3) is 0.556. The summed E-state index contributed by atoms with van der Waals surface area (Å²) in [4.78, 5) is 18.5. The normalized spacial score (nSPS) is 22.7. The van der Waals surface area contributed by atoms with E-state index in [1.165, 1.54) is 7.05 Å². The van der Waals surface area contributed by atoms with Crippen LogP contribution in [0.15, 0.2) is 34.2 Å². The highest BCUT2D eigenvalue weighted by atomic mass is 127. The number of piperidine rings is 1. The summed E-state index contributed by atoms with van der Waals surface area (Å²) < 4.78 is 26.3. The molecule has 3 N–H and O–H groups in total. The number of likely N-dealkylation sites (tertiary alicyclic amines) is 1. The summed E-state index contributed by atoms with van der Waals surface area (Å²) in [7, 11) is -0.324. The zero-order chi connectivity index (χ0) is 19.5. The van der Waals surface area contributed by atoms with Crippen LogP contribution < -0.4 is 15.4 Å². The quantitative estimate of drug-likeness (QED) is 0.311. The van der Waals surface area contributed by atoms with Gasteiger partial charge in [0.15, 0.2) is 5.96 Å². The van der Waals surface area contributed by atoms with Gasteiger partial charge in [0, 0.05) is 45.1 Å². The minimum absolute atomic E-state index is 0. The Morgan fingerprint density at radius 1 is 1.39 bits per heavy atom. The van der Waals surface area contributed by atoms with Crippen molar-refractivity contribution < 1.29 is 13.2 Å². The average Bonchev–Trinajstić information content (AvgIpc) is 3.02. The minimum Gasteiger partial charge on any atom is -0.355 e. The number of amides is 1. The van der Waals surface area contributed by atoms with E-state index < -0.39 is 10.0 Å². The van der Waals surface area contributed by atoms with Gasteiger partial charge >= 0.3 is 0 Å². The molecule has 2 fully saturated rings. The molecule has 10 heteroatoms. The molecule has 0 aromatic heterocycles. The van der Waals surface area contributed by atoms with Crippen LogP contribution in [0.25, 0.3) is 0 Å². The van der Waals surface area contributed by atoms with Crippen molar-refractivity contribution in [1.29, 1.82) is 0 Å². The Morgan fingerprint density at radius 3 is 2.82 bits per heavy atom. The van der Waals surface area contributed by atoms with Crippen LogP contribution in [0.5, 0.6) is 0 Å². The molecular formula is C18H28IN5O3S. The van der Waals surface area contributed by atoms with E-state index in [1.54, 1.807) is 25.2 Å². The zero-order valence-electron chi connectivity index (χ0n) is 16.2. The molecular weight excluding hydrogens is 493 g/mol. The van der Waals surface area contributed by atoms with Crippen LogP contribution in [0, 0.1) is 5.41 Å². The molecule has 2 aliphatic heterocycles. The summed E-state index contributed by atoms with van der Waals surface area (Å²) in [6, 6.07) is 6.84. The molecule has 3 rings (SSSR count). The fourth-order valence-corrected chi connectivity index (χ4v) is 4.68. The lowest BCUT2D eigenvalue weighted by atomic mass is 9.79. The second-order valence-corrected chi connectivity index (χ2v) is 9.12. The first kappa shape index (κ1) is 22.9. The van der Waals surface area contributed by atoms with Gasteiger partial charge in [-0.1, -0.05) is 12.1 Å². The molecule has 156 valence electrons. The maximum Gasteiger partial charge on any atom is 0.240 e. The van der Waals surface area contributed by atoms with E-state index in [0.717, 1.165) is 44.0 Å². The average molecular weight is 521 g/mol. The summed E-state index contributed by atoms with van der Waals surface area (Å²) in [5.74, 6) is 0.901. The van der Waals surface area contributed by atoms with Crippen molar-refractivity contribution in [2.24, 2.45) is 10.4 Å². The molecule has 1 unspecified atom stereocenters. The predicted molar refractivity (Wildman–Crippen MR) is 119 cm³/mol. The van der Waals surface area contributed by atoms with E-state index in [4.69, 9.17) is 0 Å². The third-order valence-corrected chi connectivity index (χ3v) is 6.71. The Labute approximate surface area is 183 Å². The van der Waals surface area contributed by atoms with Gasteiger partial charge in [-0.2, -0.15) is 0 Å². The third kappa shape index (κ3) is 5.15. The SMILES string of the molecule is CN=C(NCc1cccc(S(=O)(=O)NC)c1)N1CCCC2(CNC(=O)C2)C1.I. The van der Waals surface area contributed by atoms with Crippen LogP contribution in [0.2, 0.25) is 0 Å². The number of benzene rings is 1. The van der Waals surface area contributed by atoms with Crippen LogP contribution in [0.4, 0.5) is 0 Å². The van der Waals surface area contributed by atoms with Gasteiger partial charge in [-0.15, -0.1) is 24.0 Å². The van der Waals surface area contributed by atoms with Crippen molar-refractivity contribution in [2.75, 3.05) is 33.7 Å². The van der Waals surface area contributed by atoms with Crippen molar-refractivity contribution in [3.8, 4) is 0 Å². The number of nitrogens with one attached hydrogen (secondary N) is 3. The number of hydrogen-bond acceptors (Lipinski definition) is 4. The van der Waals surface area contributed by atoms with Gasteiger partial charge in [0.2, 0.25) is 15.9 Å². The minimum atomic E-state index is -3.46. The number of hydrogen-bond donors (Lipinski definition) is 3. The van der Waals surface area contributed by atoms with E-state index in [0.29, 0.717) is 13.0 Å². The standard InChI is InChI=1S/C18H27N5O3S.HI/c1-19-17(23-8-4-7-18(13-23)10-16(24)22-12-18)21-11-14-5-3-6-15(9-14)27(25,26)20-2;/h3,5-6,9,20H,4,7-8,10-13H2,1-2H3,(H,19,21)(H,22,24);1H. The highest BCUT2D eigenvalue weighted by molar-refractivity contribution is 14.0. The third-order valence-electron chi connectivity index (χ3n) is 5.30. The Morgan fingerprint density at radius 2 is 2.18 bits per heavy atom. The lowest BCUT2D eigenvalue weighted by Gasteiger charge is -2.40. The molecule has 0 aliphatic carbocycles. The Kier molecular flexibility index (Phi) is 7.68. The molecule has 1 amide bonds. The van der Waals surface area contributed by atoms with Crippen LogP contribution in [0.1, 0.15) is 24.8 Å². The van der Waals surface area contributed by atoms with Gasteiger partial charge in [0.05, 0.1) is 4.90 Å². The Bertz CT molecular complexity index is 845. The molecule has 1 aromatic carbocycles. The lowest BCUT2D eigenvalue weighted by molar-refractivity contribution is -0.119. The predicted octanol–water partition coefficient (Wildman–Crippen LogP) is 0.890. The van der Waals surface area contributed by atoms with Crippen molar-refractivity contribution in [1.82, 2.24) is 20.3 Å². The lowest BCUT2D eigenvalue weighted by Crippen LogP contribution is -2.51. The smallest absolute Gasteiger partial charge is 0.240 e. The monoisotopic (exact) mass is 521 g/mol. The largest absolute Gasteiger partial charge is 0.355 e. The molecule has 1 aromatic rings. The topological polar surface area (TPSA) is 103 Å². The van der Waals surface area contributed by atoms with Crippen LogP contribution >= 0.6 is 24.0 Å². The number of rotatable bonds is 4. The number of nitrogens with zero attached hydrogens (tertiary/aromatic N) is 2. The van der Waals surface area contributed by atoms with Crippen molar-refractivity contribution in [2.45, 2.75) is 30.7 Å². The first-order valence-corrected chi connectivity index (χ1v) is 10.6. The second kappa shape index (κ2) is 9.40. The number of carbonyl (C=O) groups is 1. The second-order valence-electron chi connectivity index (χ2n) is 7.23. The number of carbonyl (C=O) groups excluding carboxylic acids is 1. The number of aliphatic imine (C=N–C) groups is 1. The summed E-state index contributed by atoms with van der Waals surface area (Å²) in [6.07, 6.45) is 2.64. The van der Waals surface area contributed by atoms with Crippen molar-refractivity contribution in [3.05, 3.63) is 29.8 Å². The van der Waals surface area contributed by atoms with Crippen molar-refractivity contribution in [3.63, 3.8) is 0 Å². The van der Waals surface area contributed by atoms with Crippen LogP contribution in [-0.4, -0.2) is 58.9 Å². The molecule has 0 bridgehead atoms. The molecule has 2 saturated heterocycles. The van der Waals surface area contributed by atoms with Gasteiger partial charge in [-0.3, -0.25) is 9.79 Å². The maximum atomic E-state index is 12.0. The summed E-state index contributed by atoms with van der Waals surface area (Å²) in [6.45, 7) is 2.88. The molecule has 0 saturated carbocycles. The summed E-state index contributed by atoms with van der Waals surface area (Å²) in [5, 5.41) is 6.28. The van der Waals surface area contributed by atoms with E-state index in [-0.39, 0.29) is 40.2 Å². The molecule has 0 radical (unpaired) electrons. The van der Waals surface area contributed by atoms with E-state index in [2.05, 4.69) is 25.2 Å². The van der Waals surface area contributed by atoms with E-state index in [1.807, 2.05) is 6.07 Å². The highest BCUT2D eigenvalue weighted by Crippen LogP contribution is 2.36. The maximum absolute atomic E-state index is 12.0. The van der Waals surface area contributed by atoms with Gasteiger partial charge in [0.1, 0.15) is 0 Å². The number of halogens is 1. The van der Waals surface area contributed by atoms with E-state index in [9.17, 15) is 13.2 Å². The summed E-state index contributed by atoms with van der Waals surface area (Å²) >= 11 is 0. The molecule has 28 heavy (non-hydrogen) atoms. The van der Waals surface area contributed by atoms with Gasteiger partial charge in [0.25, 0.3) is 0 Å².